The highest BCUT2D eigenvalue weighted by molar-refractivity contribution is 6.04. The third-order valence-electron chi connectivity index (χ3n) is 4.46. The molecular weight excluding hydrogens is 280 g/mol. The highest BCUT2D eigenvalue weighted by Crippen LogP contribution is 2.36. The third-order valence-corrected chi connectivity index (χ3v) is 4.46. The summed E-state index contributed by atoms with van der Waals surface area (Å²) in [5.41, 5.74) is 2.10. The van der Waals surface area contributed by atoms with Crippen LogP contribution in [0, 0.1) is 0 Å². The lowest BCUT2D eigenvalue weighted by atomic mass is 9.76. The highest BCUT2D eigenvalue weighted by Gasteiger charge is 2.49. The van der Waals surface area contributed by atoms with Crippen LogP contribution in [0.2, 0.25) is 0 Å². The van der Waals surface area contributed by atoms with Crippen molar-refractivity contribution >= 4 is 5.78 Å². The zero-order valence-electron chi connectivity index (χ0n) is 13.7. The molecule has 122 valence electrons. The van der Waals surface area contributed by atoms with E-state index in [2.05, 4.69) is 19.9 Å². The van der Waals surface area contributed by atoms with Crippen molar-refractivity contribution in [2.24, 2.45) is 0 Å². The van der Waals surface area contributed by atoms with E-state index >= 15 is 0 Å². The van der Waals surface area contributed by atoms with Crippen LogP contribution in [0.4, 0.5) is 0 Å². The lowest BCUT2D eigenvalue weighted by molar-refractivity contribution is -0.147. The summed E-state index contributed by atoms with van der Waals surface area (Å²) < 4.78 is 5.27. The monoisotopic (exact) mass is 306 g/mol. The molecule has 0 amide bonds. The van der Waals surface area contributed by atoms with E-state index < -0.39 is 11.7 Å². The molecule has 2 aliphatic rings. The van der Waals surface area contributed by atoms with Crippen molar-refractivity contribution < 1.29 is 19.7 Å². The van der Waals surface area contributed by atoms with Crippen molar-refractivity contribution in [3.05, 3.63) is 34.4 Å². The zero-order valence-corrected chi connectivity index (χ0v) is 13.7. The molecule has 0 spiro atoms. The van der Waals surface area contributed by atoms with Crippen LogP contribution in [0.1, 0.15) is 46.5 Å². The second-order valence-corrected chi connectivity index (χ2v) is 6.62. The van der Waals surface area contributed by atoms with E-state index in [0.717, 1.165) is 24.0 Å². The zero-order chi connectivity index (χ0) is 16.3. The van der Waals surface area contributed by atoms with Crippen molar-refractivity contribution in [2.75, 3.05) is 13.2 Å². The van der Waals surface area contributed by atoms with Crippen LogP contribution in [0.25, 0.3) is 0 Å². The number of Topliss-reactive ketones (excluding diaryl/α,β-unsaturated/α-hetero) is 1. The van der Waals surface area contributed by atoms with E-state index in [0.29, 0.717) is 18.6 Å². The molecule has 0 radical (unpaired) electrons. The van der Waals surface area contributed by atoms with Gasteiger partial charge in [-0.3, -0.25) is 4.79 Å². The molecule has 0 fully saturated rings. The largest absolute Gasteiger partial charge is 0.389 e. The first-order valence-electron chi connectivity index (χ1n) is 7.87. The lowest BCUT2D eigenvalue weighted by Gasteiger charge is -2.35. The predicted molar refractivity (Wildman–Crippen MR) is 85.5 cm³/mol. The predicted octanol–water partition coefficient (Wildman–Crippen LogP) is 2.46. The average Bonchev–Trinajstić information content (AvgIpc) is 2.91. The molecule has 0 saturated carbocycles. The summed E-state index contributed by atoms with van der Waals surface area (Å²) in [6.07, 6.45) is 5.31. The van der Waals surface area contributed by atoms with Crippen LogP contribution in [0.5, 0.6) is 0 Å². The molecular formula is C18H26O4. The van der Waals surface area contributed by atoms with Gasteiger partial charge >= 0.3 is 0 Å². The fourth-order valence-electron chi connectivity index (χ4n) is 2.94. The van der Waals surface area contributed by atoms with E-state index in [1.54, 1.807) is 0 Å². The van der Waals surface area contributed by atoms with Gasteiger partial charge < -0.3 is 14.9 Å². The Morgan fingerprint density at radius 2 is 2.05 bits per heavy atom. The minimum Gasteiger partial charge on any atom is -0.389 e. The molecule has 0 saturated heterocycles. The Kier molecular flexibility index (Phi) is 5.37. The fourth-order valence-corrected chi connectivity index (χ4v) is 2.94. The van der Waals surface area contributed by atoms with Crippen molar-refractivity contribution in [2.45, 2.75) is 58.2 Å². The van der Waals surface area contributed by atoms with Crippen molar-refractivity contribution in [1.82, 2.24) is 0 Å². The molecule has 0 unspecified atom stereocenters. The Hall–Kier alpha value is -1.23. The molecule has 0 bridgehead atoms. The number of ketones is 1. The van der Waals surface area contributed by atoms with Gasteiger partial charge in [-0.25, -0.2) is 0 Å². The van der Waals surface area contributed by atoms with Gasteiger partial charge in [0.1, 0.15) is 0 Å². The molecule has 2 atom stereocenters. The molecule has 4 nitrogen and oxygen atoms in total. The first-order chi connectivity index (χ1) is 10.3. The van der Waals surface area contributed by atoms with Crippen molar-refractivity contribution in [1.29, 1.82) is 0 Å². The van der Waals surface area contributed by atoms with E-state index in [4.69, 9.17) is 4.74 Å². The van der Waals surface area contributed by atoms with Crippen LogP contribution in [0.3, 0.4) is 0 Å². The minimum atomic E-state index is -1.70. The van der Waals surface area contributed by atoms with Gasteiger partial charge in [-0.05, 0) is 39.2 Å². The van der Waals surface area contributed by atoms with Gasteiger partial charge in [0, 0.05) is 18.4 Å². The van der Waals surface area contributed by atoms with Gasteiger partial charge in [0.05, 0.1) is 19.3 Å². The maximum atomic E-state index is 12.5. The third kappa shape index (κ3) is 3.57. The summed E-state index contributed by atoms with van der Waals surface area (Å²) in [5.74, 6) is -0.368. The van der Waals surface area contributed by atoms with Crippen LogP contribution in [-0.4, -0.2) is 40.9 Å². The summed E-state index contributed by atoms with van der Waals surface area (Å²) in [4.78, 5) is 12.5. The molecule has 1 heterocycles. The lowest BCUT2D eigenvalue weighted by Crippen LogP contribution is -2.52. The molecule has 2 rings (SSSR count). The number of rotatable bonds is 5. The van der Waals surface area contributed by atoms with E-state index in [9.17, 15) is 15.0 Å². The standard InChI is InChI=1S/C18H26O4/c1-12(2)5-4-6-13(3)7-8-18(21)16(19)9-14-10-22-11-15(14)17(18)20/h5,7,16,19,21H,4,6,8-11H2,1-3H3/b13-7+/t16-,18+/m0/s1. The van der Waals surface area contributed by atoms with E-state index in [-0.39, 0.29) is 18.8 Å². The summed E-state index contributed by atoms with van der Waals surface area (Å²) in [6.45, 7) is 6.77. The van der Waals surface area contributed by atoms with Gasteiger partial charge in [-0.1, -0.05) is 23.3 Å². The van der Waals surface area contributed by atoms with Crippen LogP contribution in [0.15, 0.2) is 34.4 Å². The van der Waals surface area contributed by atoms with Gasteiger partial charge in [-0.15, -0.1) is 0 Å². The molecule has 4 heteroatoms. The fraction of sp³-hybridized carbons (Fsp3) is 0.611. The normalized spacial score (nSPS) is 28.9. The molecule has 22 heavy (non-hydrogen) atoms. The molecule has 1 aliphatic carbocycles. The second kappa shape index (κ2) is 6.90. The Morgan fingerprint density at radius 3 is 2.73 bits per heavy atom. The highest BCUT2D eigenvalue weighted by atomic mass is 16.5. The molecule has 0 aromatic carbocycles. The first kappa shape index (κ1) is 17.1. The van der Waals surface area contributed by atoms with Gasteiger partial charge in [0.15, 0.2) is 11.4 Å². The number of aliphatic hydroxyl groups excluding tert-OH is 1. The maximum absolute atomic E-state index is 12.5. The van der Waals surface area contributed by atoms with Gasteiger partial charge in [0.2, 0.25) is 0 Å². The second-order valence-electron chi connectivity index (χ2n) is 6.62. The number of hydrogen-bond acceptors (Lipinski definition) is 4. The summed E-state index contributed by atoms with van der Waals surface area (Å²) in [7, 11) is 0. The van der Waals surface area contributed by atoms with Crippen LogP contribution < -0.4 is 0 Å². The number of carbonyl (C=O) groups is 1. The molecule has 1 aliphatic heterocycles. The minimum absolute atomic E-state index is 0.157. The van der Waals surface area contributed by atoms with Crippen molar-refractivity contribution in [3.63, 3.8) is 0 Å². The Morgan fingerprint density at radius 1 is 1.32 bits per heavy atom. The molecule has 2 N–H and O–H groups in total. The Bertz CT molecular complexity index is 537. The molecule has 0 aromatic heterocycles. The van der Waals surface area contributed by atoms with Gasteiger partial charge in [0.25, 0.3) is 0 Å². The SMILES string of the molecule is CC(C)=CCC/C(C)=C/C[C@]1(O)C(=O)C2=C(COC2)C[C@@H]1O. The van der Waals surface area contributed by atoms with Crippen LogP contribution in [-0.2, 0) is 9.53 Å². The first-order valence-corrected chi connectivity index (χ1v) is 7.87. The average molecular weight is 306 g/mol. The number of allylic oxidation sites excluding steroid dienone is 3. The molecule has 0 aromatic rings. The number of aliphatic hydroxyl groups is 2. The van der Waals surface area contributed by atoms with Crippen LogP contribution >= 0.6 is 0 Å². The summed E-state index contributed by atoms with van der Waals surface area (Å²) >= 11 is 0. The van der Waals surface area contributed by atoms with E-state index in [1.165, 1.54) is 5.57 Å². The quantitative estimate of drug-likeness (QED) is 0.766. The number of carbonyl (C=O) groups excluding carboxylic acids is 1. The van der Waals surface area contributed by atoms with Crippen molar-refractivity contribution in [3.8, 4) is 0 Å². The Balaban J connectivity index is 2.04. The number of hydrogen-bond donors (Lipinski definition) is 2. The Labute approximate surface area is 132 Å². The topological polar surface area (TPSA) is 66.8 Å². The maximum Gasteiger partial charge on any atom is 0.195 e. The smallest absolute Gasteiger partial charge is 0.195 e. The number of ether oxygens (including phenoxy) is 1. The summed E-state index contributed by atoms with van der Waals surface area (Å²) in [5, 5.41) is 20.9. The summed E-state index contributed by atoms with van der Waals surface area (Å²) in [6, 6.07) is 0. The van der Waals surface area contributed by atoms with E-state index in [1.807, 2.05) is 13.0 Å². The van der Waals surface area contributed by atoms with Gasteiger partial charge in [-0.2, -0.15) is 0 Å².